The molecule has 1 saturated heterocycles. The minimum Gasteiger partial charge on any atom is -0.449 e. The first-order valence-electron chi connectivity index (χ1n) is 10.9. The number of pyridine rings is 1. The van der Waals surface area contributed by atoms with E-state index in [1.54, 1.807) is 6.07 Å². The predicted octanol–water partition coefficient (Wildman–Crippen LogP) is 3.26. The average molecular weight is 425 g/mol. The highest BCUT2D eigenvalue weighted by Gasteiger charge is 2.52. The van der Waals surface area contributed by atoms with E-state index in [1.165, 1.54) is 12.3 Å². The zero-order valence-electron chi connectivity index (χ0n) is 17.0. The Morgan fingerprint density at radius 1 is 1.26 bits per heavy atom. The van der Waals surface area contributed by atoms with Crippen molar-refractivity contribution < 1.29 is 19.0 Å². The van der Waals surface area contributed by atoms with Crippen LogP contribution in [0.15, 0.2) is 35.3 Å². The van der Waals surface area contributed by atoms with Gasteiger partial charge in [-0.1, -0.05) is 12.2 Å². The van der Waals surface area contributed by atoms with Crippen molar-refractivity contribution in [3.05, 3.63) is 46.5 Å². The molecule has 1 aromatic heterocycles. The SMILES string of the molecule is NC12C=CC(CC1)C1CN(c3cc4c(cc3F)c(=O)c(OC(=O)O)cn4C3CC3)CC12. The summed E-state index contributed by atoms with van der Waals surface area (Å²) in [5, 5.41) is 9.09. The van der Waals surface area contributed by atoms with Gasteiger partial charge in [0.15, 0.2) is 5.75 Å². The number of hydrogen-bond donors (Lipinski definition) is 2. The van der Waals surface area contributed by atoms with Crippen LogP contribution < -0.4 is 20.8 Å². The Labute approximate surface area is 177 Å². The first kappa shape index (κ1) is 18.9. The maximum absolute atomic E-state index is 15.3. The van der Waals surface area contributed by atoms with Gasteiger partial charge in [0.25, 0.3) is 0 Å². The Morgan fingerprint density at radius 2 is 2.06 bits per heavy atom. The number of rotatable bonds is 3. The fraction of sp³-hybridized carbons (Fsp3) is 0.478. The molecule has 1 aliphatic heterocycles. The van der Waals surface area contributed by atoms with Crippen LogP contribution in [0.3, 0.4) is 0 Å². The smallest absolute Gasteiger partial charge is 0.449 e. The molecule has 2 heterocycles. The fourth-order valence-electron chi connectivity index (χ4n) is 5.99. The molecular formula is C23H24FN3O4. The highest BCUT2D eigenvalue weighted by atomic mass is 19.1. The summed E-state index contributed by atoms with van der Waals surface area (Å²) < 4.78 is 21.8. The van der Waals surface area contributed by atoms with Crippen LogP contribution in [0.2, 0.25) is 0 Å². The van der Waals surface area contributed by atoms with Crippen molar-refractivity contribution in [1.82, 2.24) is 4.57 Å². The van der Waals surface area contributed by atoms with Crippen molar-refractivity contribution in [3.63, 3.8) is 0 Å². The Kier molecular flexibility index (Phi) is 3.85. The number of benzene rings is 1. The van der Waals surface area contributed by atoms with E-state index in [2.05, 4.69) is 21.8 Å². The molecule has 0 spiro atoms. The van der Waals surface area contributed by atoms with Crippen molar-refractivity contribution in [2.24, 2.45) is 23.5 Å². The standard InChI is InChI=1S/C23H24FN3O4/c24-17-7-14-18(27(13-1-2-13)11-20(21(14)28)31-22(29)30)8-19(17)26-9-15-12-3-5-23(25,6-4-12)16(15)10-26/h3,5,7-8,11-13,15-16H,1-2,4,6,9-10,25H2,(H,29,30). The highest BCUT2D eigenvalue weighted by molar-refractivity contribution is 5.85. The summed E-state index contributed by atoms with van der Waals surface area (Å²) in [6.45, 7) is 1.44. The van der Waals surface area contributed by atoms with Crippen molar-refractivity contribution >= 4 is 22.7 Å². The van der Waals surface area contributed by atoms with E-state index in [9.17, 15) is 9.59 Å². The lowest BCUT2D eigenvalue weighted by Crippen LogP contribution is -2.55. The number of nitrogens with zero attached hydrogens (tertiary/aromatic N) is 2. The second kappa shape index (κ2) is 6.32. The van der Waals surface area contributed by atoms with Crippen LogP contribution >= 0.6 is 0 Å². The minimum atomic E-state index is -1.56. The minimum absolute atomic E-state index is 0.139. The lowest BCUT2D eigenvalue weighted by molar-refractivity contribution is 0.139. The van der Waals surface area contributed by atoms with Crippen LogP contribution in [0.5, 0.6) is 5.75 Å². The third-order valence-electron chi connectivity index (χ3n) is 7.72. The maximum atomic E-state index is 15.3. The molecule has 0 amide bonds. The molecular weight excluding hydrogens is 401 g/mol. The predicted molar refractivity (Wildman–Crippen MR) is 113 cm³/mol. The Hall–Kier alpha value is -2.87. The summed E-state index contributed by atoms with van der Waals surface area (Å²) in [5.74, 6) is 0.423. The van der Waals surface area contributed by atoms with Gasteiger partial charge in [-0.2, -0.15) is 0 Å². The number of hydrogen-bond acceptors (Lipinski definition) is 5. The molecule has 2 saturated carbocycles. The van der Waals surface area contributed by atoms with Crippen LogP contribution in [0.4, 0.5) is 14.9 Å². The van der Waals surface area contributed by atoms with Gasteiger partial charge >= 0.3 is 6.16 Å². The molecule has 3 fully saturated rings. The van der Waals surface area contributed by atoms with Crippen LogP contribution in [0.25, 0.3) is 10.9 Å². The molecule has 7 nitrogen and oxygen atoms in total. The largest absolute Gasteiger partial charge is 0.511 e. The Balaban J connectivity index is 1.44. The molecule has 8 heteroatoms. The number of carboxylic acid groups (broad SMARTS) is 1. The van der Waals surface area contributed by atoms with Crippen LogP contribution in [0.1, 0.15) is 31.7 Å². The van der Waals surface area contributed by atoms with Gasteiger partial charge in [0.1, 0.15) is 5.82 Å². The average Bonchev–Trinajstić information content (AvgIpc) is 3.46. The van der Waals surface area contributed by atoms with Gasteiger partial charge in [-0.3, -0.25) is 4.79 Å². The quantitative estimate of drug-likeness (QED) is 0.579. The number of anilines is 1. The zero-order chi connectivity index (χ0) is 21.5. The summed E-state index contributed by atoms with van der Waals surface area (Å²) >= 11 is 0. The fourth-order valence-corrected chi connectivity index (χ4v) is 5.99. The van der Waals surface area contributed by atoms with E-state index in [4.69, 9.17) is 10.8 Å². The number of allylic oxidation sites excluding steroid dienone is 1. The molecule has 4 atom stereocenters. The number of ether oxygens (including phenoxy) is 1. The highest BCUT2D eigenvalue weighted by Crippen LogP contribution is 2.50. The molecule has 4 aliphatic carbocycles. The third-order valence-corrected chi connectivity index (χ3v) is 7.72. The molecule has 2 bridgehead atoms. The zero-order valence-corrected chi connectivity index (χ0v) is 17.0. The summed E-state index contributed by atoms with van der Waals surface area (Å²) in [6, 6.07) is 3.13. The molecule has 1 aromatic carbocycles. The second-order valence-electron chi connectivity index (χ2n) is 9.50. The number of aromatic nitrogens is 1. The van der Waals surface area contributed by atoms with Crippen LogP contribution in [-0.4, -0.2) is 34.5 Å². The van der Waals surface area contributed by atoms with E-state index in [0.29, 0.717) is 35.5 Å². The molecule has 0 radical (unpaired) electrons. The van der Waals surface area contributed by atoms with E-state index < -0.39 is 17.4 Å². The van der Waals surface area contributed by atoms with Gasteiger partial charge in [0.2, 0.25) is 5.43 Å². The number of fused-ring (bicyclic) bond motifs is 2. The lowest BCUT2D eigenvalue weighted by Gasteiger charge is -2.47. The number of nitrogens with two attached hydrogens (primary N) is 1. The molecule has 2 aromatic rings. The summed E-state index contributed by atoms with van der Waals surface area (Å²) in [4.78, 5) is 25.8. The number of carbonyl (C=O) groups is 1. The van der Waals surface area contributed by atoms with Gasteiger partial charge < -0.3 is 25.0 Å². The number of halogens is 1. The monoisotopic (exact) mass is 425 g/mol. The van der Waals surface area contributed by atoms with Crippen molar-refractivity contribution in [2.75, 3.05) is 18.0 Å². The summed E-state index contributed by atoms with van der Waals surface area (Å²) in [6.07, 6.45) is 8.17. The molecule has 4 unspecified atom stereocenters. The first-order valence-corrected chi connectivity index (χ1v) is 10.9. The van der Waals surface area contributed by atoms with Crippen molar-refractivity contribution in [3.8, 4) is 5.75 Å². The molecule has 162 valence electrons. The van der Waals surface area contributed by atoms with E-state index >= 15 is 4.39 Å². The van der Waals surface area contributed by atoms with Crippen LogP contribution in [-0.2, 0) is 0 Å². The lowest BCUT2D eigenvalue weighted by atomic mass is 9.60. The van der Waals surface area contributed by atoms with Gasteiger partial charge in [0.05, 0.1) is 22.8 Å². The van der Waals surface area contributed by atoms with Gasteiger partial charge in [0, 0.05) is 30.6 Å². The molecule has 31 heavy (non-hydrogen) atoms. The first-order chi connectivity index (χ1) is 14.8. The Morgan fingerprint density at radius 3 is 2.71 bits per heavy atom. The van der Waals surface area contributed by atoms with Gasteiger partial charge in [-0.15, -0.1) is 0 Å². The van der Waals surface area contributed by atoms with E-state index in [1.807, 2.05) is 4.57 Å². The van der Waals surface area contributed by atoms with Gasteiger partial charge in [-0.25, -0.2) is 9.18 Å². The molecule has 5 aliphatic rings. The summed E-state index contributed by atoms with van der Waals surface area (Å²) in [5.41, 5.74) is 6.84. The van der Waals surface area contributed by atoms with E-state index in [0.717, 1.165) is 32.2 Å². The normalized spacial score (nSPS) is 31.3. The van der Waals surface area contributed by atoms with E-state index in [-0.39, 0.29) is 22.7 Å². The van der Waals surface area contributed by atoms with Crippen molar-refractivity contribution in [2.45, 2.75) is 37.3 Å². The molecule has 7 rings (SSSR count). The third kappa shape index (κ3) is 2.81. The van der Waals surface area contributed by atoms with Crippen LogP contribution in [0, 0.1) is 23.6 Å². The van der Waals surface area contributed by atoms with Crippen molar-refractivity contribution in [1.29, 1.82) is 0 Å². The summed E-state index contributed by atoms with van der Waals surface area (Å²) in [7, 11) is 0. The molecule has 3 N–H and O–H groups in total. The second-order valence-corrected chi connectivity index (χ2v) is 9.50. The topological polar surface area (TPSA) is 97.8 Å². The Bertz CT molecular complexity index is 1200. The van der Waals surface area contributed by atoms with Gasteiger partial charge in [-0.05, 0) is 49.7 Å². The maximum Gasteiger partial charge on any atom is 0.511 e.